The molecule has 3 fully saturated rings. The number of nitrogens with zero attached hydrogens (tertiary/aromatic N) is 5. The number of anilines is 2. The van der Waals surface area contributed by atoms with Gasteiger partial charge in [-0.1, -0.05) is 17.7 Å². The Morgan fingerprint density at radius 1 is 1.27 bits per heavy atom. The van der Waals surface area contributed by atoms with Crippen LogP contribution in [0.5, 0.6) is 11.8 Å². The lowest BCUT2D eigenvalue weighted by molar-refractivity contribution is 0.0362. The molecule has 3 N–H and O–H groups in total. The summed E-state index contributed by atoms with van der Waals surface area (Å²) in [6, 6.07) is 3.90. The van der Waals surface area contributed by atoms with E-state index >= 15 is 4.39 Å². The predicted octanol–water partition coefficient (Wildman–Crippen LogP) is 5.57. The molecule has 0 aliphatic carbocycles. The third-order valence-electron chi connectivity index (χ3n) is 9.98. The summed E-state index contributed by atoms with van der Waals surface area (Å²) in [6.07, 6.45) is 1.49. The lowest BCUT2D eigenvalue weighted by Crippen LogP contribution is -2.46. The van der Waals surface area contributed by atoms with Crippen LogP contribution in [0.2, 0.25) is 5.02 Å². The summed E-state index contributed by atoms with van der Waals surface area (Å²) in [5.74, 6) is -1.04. The second-order valence-electron chi connectivity index (χ2n) is 12.6. The highest BCUT2D eigenvalue weighted by molar-refractivity contribution is 7.23. The number of nitrogen functional groups attached to an aromatic ring is 1. The van der Waals surface area contributed by atoms with E-state index in [0.717, 1.165) is 30.7 Å². The average Bonchev–Trinajstić information content (AvgIpc) is 3.68. The van der Waals surface area contributed by atoms with E-state index < -0.39 is 35.0 Å². The molecule has 6 heterocycles. The van der Waals surface area contributed by atoms with Crippen molar-refractivity contribution >= 4 is 54.7 Å². The van der Waals surface area contributed by atoms with Gasteiger partial charge in [0.25, 0.3) is 0 Å². The number of aliphatic hydroxyl groups is 1. The Hall–Kier alpha value is -3.57. The topological polar surface area (TPSA) is 121 Å². The van der Waals surface area contributed by atoms with Gasteiger partial charge < -0.3 is 25.2 Å². The highest BCUT2D eigenvalue weighted by Gasteiger charge is 2.50. The number of hydrogen-bond donors (Lipinski definition) is 2. The van der Waals surface area contributed by atoms with E-state index in [1.165, 1.54) is 12.1 Å². The minimum Gasteiger partial charge on any atom is -0.489 e. The van der Waals surface area contributed by atoms with Crippen LogP contribution in [-0.2, 0) is 0 Å². The Morgan fingerprint density at radius 3 is 2.89 bits per heavy atom. The molecule has 4 aliphatic heterocycles. The van der Waals surface area contributed by atoms with Gasteiger partial charge in [0.2, 0.25) is 0 Å². The first-order chi connectivity index (χ1) is 21.5. The molecule has 234 valence electrons. The van der Waals surface area contributed by atoms with E-state index in [9.17, 15) is 19.1 Å². The number of halogens is 4. The number of ether oxygens (including phenoxy) is 2. The smallest absolute Gasteiger partial charge is 0.319 e. The number of alkyl halides is 1. The SMILES string of the molecule is CC1(O)CCN2c3nc(OC[C@@]45CCCN4C[C@H](F)C5)nc4c(F)c(-c5ccc(F)c6sc(N)c(C#N)c56)c(Cl)c(c34)OCC21. The molecular weight excluding hydrogens is 629 g/mol. The van der Waals surface area contributed by atoms with Gasteiger partial charge in [0.1, 0.15) is 47.6 Å². The first-order valence-corrected chi connectivity index (χ1v) is 16.0. The second-order valence-corrected chi connectivity index (χ2v) is 14.1. The van der Waals surface area contributed by atoms with Crippen molar-refractivity contribution in [3.8, 4) is 29.0 Å². The fourth-order valence-electron chi connectivity index (χ4n) is 7.73. The van der Waals surface area contributed by atoms with Crippen molar-refractivity contribution in [2.75, 3.05) is 43.5 Å². The molecule has 8 rings (SSSR count). The zero-order valence-corrected chi connectivity index (χ0v) is 25.7. The lowest BCUT2D eigenvalue weighted by Gasteiger charge is -2.31. The molecule has 2 aromatic heterocycles. The predicted molar refractivity (Wildman–Crippen MR) is 165 cm³/mol. The van der Waals surface area contributed by atoms with E-state index in [4.69, 9.17) is 31.8 Å². The Balaban J connectivity index is 1.35. The maximum atomic E-state index is 17.0. The molecule has 2 aromatic carbocycles. The van der Waals surface area contributed by atoms with Crippen LogP contribution in [0.4, 0.5) is 24.0 Å². The third-order valence-corrected chi connectivity index (χ3v) is 11.4. The lowest BCUT2D eigenvalue weighted by atomic mass is 9.95. The van der Waals surface area contributed by atoms with Gasteiger partial charge in [-0.05, 0) is 44.4 Å². The third kappa shape index (κ3) is 4.12. The number of benzene rings is 2. The van der Waals surface area contributed by atoms with Gasteiger partial charge in [-0.15, -0.1) is 11.3 Å². The Morgan fingerprint density at radius 2 is 2.09 bits per heavy atom. The number of thiophene rings is 1. The summed E-state index contributed by atoms with van der Waals surface area (Å²) in [4.78, 5) is 13.2. The van der Waals surface area contributed by atoms with Crippen LogP contribution in [0.25, 0.3) is 32.1 Å². The van der Waals surface area contributed by atoms with Crippen molar-refractivity contribution in [3.05, 3.63) is 34.4 Å². The van der Waals surface area contributed by atoms with Gasteiger partial charge in [0.15, 0.2) is 11.6 Å². The number of aromatic nitrogens is 2. The van der Waals surface area contributed by atoms with Crippen molar-refractivity contribution in [2.24, 2.45) is 0 Å². The minimum absolute atomic E-state index is 0.0130. The molecule has 14 heteroatoms. The molecule has 4 aliphatic rings. The summed E-state index contributed by atoms with van der Waals surface area (Å²) in [5, 5.41) is 21.4. The largest absolute Gasteiger partial charge is 0.489 e. The summed E-state index contributed by atoms with van der Waals surface area (Å²) < 4.78 is 58.9. The molecule has 0 amide bonds. The van der Waals surface area contributed by atoms with Gasteiger partial charge >= 0.3 is 6.01 Å². The molecule has 4 aromatic rings. The van der Waals surface area contributed by atoms with Crippen LogP contribution in [0.3, 0.4) is 0 Å². The minimum atomic E-state index is -1.14. The van der Waals surface area contributed by atoms with Crippen LogP contribution >= 0.6 is 22.9 Å². The zero-order valence-electron chi connectivity index (χ0n) is 24.2. The zero-order chi connectivity index (χ0) is 31.4. The van der Waals surface area contributed by atoms with Gasteiger partial charge in [-0.25, -0.2) is 13.2 Å². The number of hydrogen-bond acceptors (Lipinski definition) is 10. The summed E-state index contributed by atoms with van der Waals surface area (Å²) in [6.45, 7) is 3.39. The van der Waals surface area contributed by atoms with Gasteiger partial charge in [0, 0.05) is 30.5 Å². The number of nitriles is 1. The van der Waals surface area contributed by atoms with E-state index in [1.54, 1.807) is 6.92 Å². The number of fused-ring (bicyclic) bond motifs is 4. The molecule has 0 spiro atoms. The molecule has 4 atom stereocenters. The van der Waals surface area contributed by atoms with E-state index in [1.807, 2.05) is 11.0 Å². The monoisotopic (exact) mass is 656 g/mol. The maximum Gasteiger partial charge on any atom is 0.319 e. The second kappa shape index (κ2) is 9.96. The maximum absolute atomic E-state index is 17.0. The molecule has 2 unspecified atom stereocenters. The number of nitrogens with two attached hydrogens (primary N) is 1. The molecule has 0 saturated carbocycles. The first-order valence-electron chi connectivity index (χ1n) is 14.8. The van der Waals surface area contributed by atoms with E-state index in [2.05, 4.69) is 9.88 Å². The number of rotatable bonds is 4. The summed E-state index contributed by atoms with van der Waals surface area (Å²) in [7, 11) is 0. The Kier molecular flexibility index (Phi) is 6.39. The van der Waals surface area contributed by atoms with Crippen LogP contribution in [0.1, 0.15) is 38.2 Å². The summed E-state index contributed by atoms with van der Waals surface area (Å²) in [5.41, 5.74) is 4.31. The Labute approximate surface area is 264 Å². The summed E-state index contributed by atoms with van der Waals surface area (Å²) >= 11 is 7.85. The molecule has 0 bridgehead atoms. The molecular formula is C31H28ClF3N6O3S. The van der Waals surface area contributed by atoms with E-state index in [0.29, 0.717) is 31.7 Å². The molecule has 3 saturated heterocycles. The average molecular weight is 657 g/mol. The van der Waals surface area contributed by atoms with Crippen molar-refractivity contribution < 1.29 is 27.8 Å². The fraction of sp³-hybridized carbons (Fsp3) is 0.452. The van der Waals surface area contributed by atoms with Crippen molar-refractivity contribution in [1.82, 2.24) is 14.9 Å². The normalized spacial score (nSPS) is 27.4. The highest BCUT2D eigenvalue weighted by Crippen LogP contribution is 2.52. The van der Waals surface area contributed by atoms with Crippen molar-refractivity contribution in [1.29, 1.82) is 5.26 Å². The van der Waals surface area contributed by atoms with Crippen LogP contribution in [-0.4, -0.2) is 76.2 Å². The standard InChI is InChI=1S/C31H28ClF3N6O3S/c1-30(42)6-8-41-18(30)12-43-25-21-24(38-29(39-28(21)41)44-13-31-5-2-7-40(31)11-14(33)9-31)23(35)20(22(25)32)15-3-4-17(34)26-19(15)16(10-36)27(37)45-26/h3-4,14,18,42H,2,5-9,11-13,37H2,1H3/t14-,18?,30?,31+/m1/s1. The first kappa shape index (κ1) is 28.9. The molecule has 45 heavy (non-hydrogen) atoms. The van der Waals surface area contributed by atoms with Crippen molar-refractivity contribution in [3.63, 3.8) is 0 Å². The molecule has 9 nitrogen and oxygen atoms in total. The van der Waals surface area contributed by atoms with Crippen LogP contribution in [0.15, 0.2) is 12.1 Å². The van der Waals surface area contributed by atoms with Crippen molar-refractivity contribution in [2.45, 2.75) is 56.0 Å². The van der Waals surface area contributed by atoms with Gasteiger partial charge in [0.05, 0.1) is 37.9 Å². The van der Waals surface area contributed by atoms with Gasteiger partial charge in [-0.2, -0.15) is 15.2 Å². The fourth-order valence-corrected chi connectivity index (χ4v) is 9.01. The van der Waals surface area contributed by atoms with Gasteiger partial charge in [-0.3, -0.25) is 4.90 Å². The quantitative estimate of drug-likeness (QED) is 0.290. The highest BCUT2D eigenvalue weighted by atomic mass is 35.5. The van der Waals surface area contributed by atoms with Crippen LogP contribution in [0, 0.1) is 23.0 Å². The van der Waals surface area contributed by atoms with E-state index in [-0.39, 0.29) is 72.7 Å². The van der Waals surface area contributed by atoms with Crippen LogP contribution < -0.4 is 20.1 Å². The molecule has 0 radical (unpaired) electrons. The Bertz CT molecular complexity index is 1970.